The number of aromatic nitrogens is 2. The van der Waals surface area contributed by atoms with Crippen LogP contribution in [-0.2, 0) is 16.6 Å². The van der Waals surface area contributed by atoms with E-state index in [4.69, 9.17) is 9.47 Å². The van der Waals surface area contributed by atoms with Crippen molar-refractivity contribution in [1.82, 2.24) is 25.3 Å². The van der Waals surface area contributed by atoms with Crippen molar-refractivity contribution in [2.75, 3.05) is 26.2 Å². The maximum absolute atomic E-state index is 13.5. The zero-order valence-corrected chi connectivity index (χ0v) is 23.4. The molecule has 3 N–H and O–H groups in total. The number of carbonyl (C=O) groups is 2. The lowest BCUT2D eigenvalue weighted by Gasteiger charge is -2.35. The van der Waals surface area contributed by atoms with Crippen molar-refractivity contribution in [3.05, 3.63) is 36.2 Å². The number of ether oxygens (including phenoxy) is 2. The van der Waals surface area contributed by atoms with Crippen LogP contribution < -0.4 is 15.4 Å². The van der Waals surface area contributed by atoms with Crippen molar-refractivity contribution < 1.29 is 24.2 Å². The number of nitrogens with one attached hydrogen (secondary N) is 2. The topological polar surface area (TPSA) is 118 Å². The predicted octanol–water partition coefficient (Wildman–Crippen LogP) is 2.11. The Kier molecular flexibility index (Phi) is 7.98. The number of aliphatic hydroxyl groups is 1. The Morgan fingerprint density at radius 2 is 1.97 bits per heavy atom. The van der Waals surface area contributed by atoms with Crippen LogP contribution in [0.1, 0.15) is 56.8 Å². The summed E-state index contributed by atoms with van der Waals surface area (Å²) in [5, 5.41) is 21.0. The number of nitrogens with zero attached hydrogens (tertiary/aromatic N) is 3. The number of hydrogen-bond acceptors (Lipinski definition) is 7. The van der Waals surface area contributed by atoms with Crippen LogP contribution in [0.25, 0.3) is 11.1 Å². The van der Waals surface area contributed by atoms with Crippen molar-refractivity contribution >= 4 is 11.8 Å². The van der Waals surface area contributed by atoms with Crippen LogP contribution in [-0.4, -0.2) is 88.2 Å². The second kappa shape index (κ2) is 11.3. The molecule has 5 rings (SSSR count). The standard InChI is InChI=1S/C29H41N5O5/c1-29(2,3)17-34-16-20-12-23(34)28(37)30-14-26-24(35)8-6-21(39-26)9-10-38-25-11-18(19-13-31-33(4)15-19)5-7-22(25)27(36)32-20/h5,7,11,13,15,20-21,23-24,26,35H,6,8-10,12,14,16-17H2,1-4H3,(H,30,37)(H,32,36)/t20-,21-,23-,24-,26+/m0/s1. The molecule has 1 aromatic carbocycles. The Labute approximate surface area is 230 Å². The highest BCUT2D eigenvalue weighted by Gasteiger charge is 2.40. The van der Waals surface area contributed by atoms with Crippen molar-refractivity contribution in [1.29, 1.82) is 0 Å². The van der Waals surface area contributed by atoms with Gasteiger partial charge in [-0.1, -0.05) is 26.8 Å². The van der Waals surface area contributed by atoms with Gasteiger partial charge in [0.05, 0.1) is 36.6 Å². The summed E-state index contributed by atoms with van der Waals surface area (Å²) in [6.07, 6.45) is 4.96. The molecule has 1 aromatic heterocycles. The fourth-order valence-corrected chi connectivity index (χ4v) is 5.87. The molecule has 4 heterocycles. The van der Waals surface area contributed by atoms with Gasteiger partial charge in [-0.3, -0.25) is 19.2 Å². The Hall–Kier alpha value is -2.95. The average Bonchev–Trinajstić information content (AvgIpc) is 3.48. The number of fused-ring (bicyclic) bond motifs is 5. The molecule has 4 bridgehead atoms. The minimum Gasteiger partial charge on any atom is -0.493 e. The quantitative estimate of drug-likeness (QED) is 0.535. The Morgan fingerprint density at radius 1 is 1.15 bits per heavy atom. The molecule has 2 saturated heterocycles. The molecule has 212 valence electrons. The molecule has 0 unspecified atom stereocenters. The summed E-state index contributed by atoms with van der Waals surface area (Å²) in [5.41, 5.74) is 2.29. The first-order chi connectivity index (χ1) is 18.6. The van der Waals surface area contributed by atoms with Gasteiger partial charge < -0.3 is 25.2 Å². The fourth-order valence-electron chi connectivity index (χ4n) is 5.87. The molecule has 2 amide bonds. The second-order valence-electron chi connectivity index (χ2n) is 12.3. The first kappa shape index (κ1) is 27.6. The highest BCUT2D eigenvalue weighted by atomic mass is 16.5. The van der Waals surface area contributed by atoms with E-state index >= 15 is 0 Å². The van der Waals surface area contributed by atoms with Gasteiger partial charge in [0.1, 0.15) is 11.9 Å². The lowest BCUT2D eigenvalue weighted by Crippen LogP contribution is -2.51. The molecular weight excluding hydrogens is 498 g/mol. The summed E-state index contributed by atoms with van der Waals surface area (Å²) in [6, 6.07) is 5.04. The molecule has 0 spiro atoms. The van der Waals surface area contributed by atoms with Gasteiger partial charge in [-0.15, -0.1) is 0 Å². The maximum Gasteiger partial charge on any atom is 0.255 e. The molecule has 3 aliphatic rings. The van der Waals surface area contributed by atoms with Crippen LogP contribution in [0.4, 0.5) is 0 Å². The van der Waals surface area contributed by atoms with E-state index in [2.05, 4.69) is 41.4 Å². The molecule has 0 aliphatic carbocycles. The Balaban J connectivity index is 1.44. The normalized spacial score (nSPS) is 28.8. The van der Waals surface area contributed by atoms with E-state index < -0.39 is 12.2 Å². The fraction of sp³-hybridized carbons (Fsp3) is 0.621. The van der Waals surface area contributed by atoms with Crippen LogP contribution >= 0.6 is 0 Å². The maximum atomic E-state index is 13.5. The summed E-state index contributed by atoms with van der Waals surface area (Å²) in [4.78, 5) is 29.0. The van der Waals surface area contributed by atoms with E-state index in [1.807, 2.05) is 25.4 Å². The van der Waals surface area contributed by atoms with Crippen molar-refractivity contribution in [3.8, 4) is 16.9 Å². The smallest absolute Gasteiger partial charge is 0.255 e. The third-order valence-corrected chi connectivity index (χ3v) is 7.74. The Bertz CT molecular complexity index is 1190. The van der Waals surface area contributed by atoms with Crippen molar-refractivity contribution in [2.24, 2.45) is 12.5 Å². The lowest BCUT2D eigenvalue weighted by atomic mass is 9.95. The average molecular weight is 540 g/mol. The second-order valence-corrected chi connectivity index (χ2v) is 12.3. The summed E-state index contributed by atoms with van der Waals surface area (Å²) in [6.45, 7) is 8.34. The highest BCUT2D eigenvalue weighted by molar-refractivity contribution is 5.98. The number of likely N-dealkylation sites (tertiary alicyclic amines) is 1. The highest BCUT2D eigenvalue weighted by Crippen LogP contribution is 2.30. The van der Waals surface area contributed by atoms with Gasteiger partial charge in [0.15, 0.2) is 0 Å². The van der Waals surface area contributed by atoms with E-state index in [-0.39, 0.29) is 42.0 Å². The molecule has 39 heavy (non-hydrogen) atoms. The van der Waals surface area contributed by atoms with Crippen LogP contribution in [0.3, 0.4) is 0 Å². The Morgan fingerprint density at radius 3 is 2.72 bits per heavy atom. The van der Waals surface area contributed by atoms with E-state index in [1.165, 1.54) is 0 Å². The minimum absolute atomic E-state index is 0.0186. The number of aryl methyl sites for hydroxylation is 1. The first-order valence-electron chi connectivity index (χ1n) is 14.0. The number of benzene rings is 1. The monoisotopic (exact) mass is 539 g/mol. The first-order valence-corrected chi connectivity index (χ1v) is 14.0. The van der Waals surface area contributed by atoms with Crippen LogP contribution in [0, 0.1) is 5.41 Å². The summed E-state index contributed by atoms with van der Waals surface area (Å²) < 4.78 is 14.1. The zero-order chi connectivity index (χ0) is 27.7. The molecule has 0 saturated carbocycles. The number of hydrogen-bond donors (Lipinski definition) is 3. The third kappa shape index (κ3) is 6.62. The molecule has 3 aliphatic heterocycles. The van der Waals surface area contributed by atoms with Gasteiger partial charge in [0.2, 0.25) is 5.91 Å². The molecular formula is C29H41N5O5. The molecule has 2 fully saturated rings. The summed E-state index contributed by atoms with van der Waals surface area (Å²) in [7, 11) is 1.87. The van der Waals surface area contributed by atoms with E-state index in [0.29, 0.717) is 50.1 Å². The van der Waals surface area contributed by atoms with Crippen LogP contribution in [0.5, 0.6) is 5.75 Å². The summed E-state index contributed by atoms with van der Waals surface area (Å²) >= 11 is 0. The van der Waals surface area contributed by atoms with Gasteiger partial charge in [0, 0.05) is 50.9 Å². The van der Waals surface area contributed by atoms with E-state index in [0.717, 1.165) is 17.7 Å². The predicted molar refractivity (Wildman–Crippen MR) is 146 cm³/mol. The van der Waals surface area contributed by atoms with Crippen LogP contribution in [0.15, 0.2) is 30.6 Å². The summed E-state index contributed by atoms with van der Waals surface area (Å²) in [5.74, 6) is 0.201. The number of carbonyl (C=O) groups excluding carboxylic acids is 2. The third-order valence-electron chi connectivity index (χ3n) is 7.74. The van der Waals surface area contributed by atoms with Crippen molar-refractivity contribution in [2.45, 2.75) is 76.9 Å². The van der Waals surface area contributed by atoms with Gasteiger partial charge in [0.25, 0.3) is 5.91 Å². The minimum atomic E-state index is -0.620. The van der Waals surface area contributed by atoms with E-state index in [1.54, 1.807) is 16.9 Å². The molecule has 10 heteroatoms. The lowest BCUT2D eigenvalue weighted by molar-refractivity contribution is -0.133. The number of rotatable bonds is 2. The largest absolute Gasteiger partial charge is 0.493 e. The molecule has 0 radical (unpaired) electrons. The van der Waals surface area contributed by atoms with Crippen LogP contribution in [0.2, 0.25) is 0 Å². The van der Waals surface area contributed by atoms with Gasteiger partial charge in [-0.25, -0.2) is 0 Å². The SMILES string of the molecule is Cn1cc(-c2ccc3c(c2)OCC[C@@H]2CC[C@H](O)[C@@H](CNC(=O)[C@@H]4C[C@@H](CN4CC(C)(C)C)NC3=O)O2)cn1. The van der Waals surface area contributed by atoms with Gasteiger partial charge >= 0.3 is 0 Å². The molecule has 5 atom stereocenters. The zero-order valence-electron chi connectivity index (χ0n) is 23.4. The van der Waals surface area contributed by atoms with Gasteiger partial charge in [-0.05, 0) is 42.4 Å². The van der Waals surface area contributed by atoms with Crippen molar-refractivity contribution in [3.63, 3.8) is 0 Å². The number of aliphatic hydroxyl groups excluding tert-OH is 1. The number of amides is 2. The van der Waals surface area contributed by atoms with E-state index in [9.17, 15) is 14.7 Å². The molecule has 10 nitrogen and oxygen atoms in total. The van der Waals surface area contributed by atoms with Gasteiger partial charge in [-0.2, -0.15) is 5.10 Å². The molecule has 2 aromatic rings.